The molecule has 0 radical (unpaired) electrons. The Morgan fingerprint density at radius 1 is 1.30 bits per heavy atom. The smallest absolute Gasteiger partial charge is 0.255 e. The molecule has 8 heteroatoms. The highest BCUT2D eigenvalue weighted by Gasteiger charge is 2.29. The first-order chi connectivity index (χ1) is 12.9. The number of nitrogens with zero attached hydrogens (tertiary/aromatic N) is 4. The van der Waals surface area contributed by atoms with Gasteiger partial charge in [0.2, 0.25) is 0 Å². The molecule has 1 aromatic heterocycles. The molecule has 1 atom stereocenters. The van der Waals surface area contributed by atoms with Crippen LogP contribution in [-0.2, 0) is 12.6 Å². The lowest BCUT2D eigenvalue weighted by Gasteiger charge is -2.30. The van der Waals surface area contributed by atoms with Crippen LogP contribution >= 0.6 is 11.8 Å². The number of aryl methyl sites for hydroxylation is 1. The maximum atomic E-state index is 12.7. The van der Waals surface area contributed by atoms with Gasteiger partial charge in [0, 0.05) is 24.1 Å². The summed E-state index contributed by atoms with van der Waals surface area (Å²) >= 11 is 1.58. The Balaban J connectivity index is 1.58. The SMILES string of the molecule is Cn1nnc2cc(C(=O)Nc3cccc(C4(C)CCSC(N)=N4)c3)ccc21. The van der Waals surface area contributed by atoms with Gasteiger partial charge in [0.15, 0.2) is 5.17 Å². The van der Waals surface area contributed by atoms with Crippen molar-refractivity contribution in [3.05, 3.63) is 53.6 Å². The van der Waals surface area contributed by atoms with Gasteiger partial charge in [-0.3, -0.25) is 9.79 Å². The van der Waals surface area contributed by atoms with Gasteiger partial charge in [0.1, 0.15) is 5.52 Å². The number of benzene rings is 2. The number of anilines is 1. The number of aromatic nitrogens is 3. The normalized spacial score (nSPS) is 19.7. The van der Waals surface area contributed by atoms with E-state index in [9.17, 15) is 4.79 Å². The topological polar surface area (TPSA) is 98.2 Å². The Morgan fingerprint density at radius 2 is 2.15 bits per heavy atom. The molecule has 0 aliphatic carbocycles. The zero-order valence-electron chi connectivity index (χ0n) is 15.1. The second kappa shape index (κ2) is 6.70. The van der Waals surface area contributed by atoms with Crippen LogP contribution in [0.4, 0.5) is 5.69 Å². The molecule has 138 valence electrons. The highest BCUT2D eigenvalue weighted by atomic mass is 32.2. The van der Waals surface area contributed by atoms with Crippen molar-refractivity contribution in [3.8, 4) is 0 Å². The molecule has 1 amide bonds. The molecule has 0 fully saturated rings. The molecule has 3 N–H and O–H groups in total. The molecule has 1 aliphatic heterocycles. The lowest BCUT2D eigenvalue weighted by Crippen LogP contribution is -2.28. The Labute approximate surface area is 161 Å². The molecule has 3 aromatic rings. The van der Waals surface area contributed by atoms with Gasteiger partial charge in [-0.25, -0.2) is 4.68 Å². The van der Waals surface area contributed by atoms with Crippen LogP contribution < -0.4 is 11.1 Å². The third kappa shape index (κ3) is 3.40. The number of carbonyl (C=O) groups is 1. The minimum atomic E-state index is -0.366. The van der Waals surface area contributed by atoms with Gasteiger partial charge in [0.25, 0.3) is 5.91 Å². The van der Waals surface area contributed by atoms with Gasteiger partial charge in [-0.2, -0.15) is 0 Å². The third-order valence-corrected chi connectivity index (χ3v) is 5.61. The average Bonchev–Trinajstić information content (AvgIpc) is 3.02. The predicted molar refractivity (Wildman–Crippen MR) is 109 cm³/mol. The molecule has 1 unspecified atom stereocenters. The van der Waals surface area contributed by atoms with Crippen molar-refractivity contribution >= 4 is 39.6 Å². The number of nitrogens with two attached hydrogens (primary N) is 1. The average molecular weight is 380 g/mol. The van der Waals surface area contributed by atoms with Gasteiger partial charge in [-0.05, 0) is 49.2 Å². The van der Waals surface area contributed by atoms with E-state index in [1.807, 2.05) is 37.4 Å². The van der Waals surface area contributed by atoms with Gasteiger partial charge in [0.05, 0.1) is 11.1 Å². The molecular formula is C19H20N6OS. The van der Waals surface area contributed by atoms with E-state index in [1.54, 1.807) is 28.6 Å². The van der Waals surface area contributed by atoms with E-state index in [4.69, 9.17) is 5.73 Å². The van der Waals surface area contributed by atoms with Crippen molar-refractivity contribution in [2.75, 3.05) is 11.1 Å². The zero-order valence-corrected chi connectivity index (χ0v) is 16.0. The first-order valence-corrected chi connectivity index (χ1v) is 9.63. The highest BCUT2D eigenvalue weighted by molar-refractivity contribution is 8.13. The number of nitrogens with one attached hydrogen (secondary N) is 1. The van der Waals surface area contributed by atoms with Gasteiger partial charge < -0.3 is 11.1 Å². The molecule has 27 heavy (non-hydrogen) atoms. The molecule has 2 aromatic carbocycles. The Kier molecular flexibility index (Phi) is 4.35. The van der Waals surface area contributed by atoms with Crippen LogP contribution in [-0.4, -0.2) is 31.8 Å². The molecule has 0 saturated heterocycles. The van der Waals surface area contributed by atoms with Crippen molar-refractivity contribution in [2.24, 2.45) is 17.8 Å². The van der Waals surface area contributed by atoms with E-state index in [-0.39, 0.29) is 11.4 Å². The fourth-order valence-corrected chi connectivity index (χ4v) is 4.19. The van der Waals surface area contributed by atoms with Crippen molar-refractivity contribution in [1.29, 1.82) is 0 Å². The second-order valence-corrected chi connectivity index (χ2v) is 7.89. The summed E-state index contributed by atoms with van der Waals surface area (Å²) in [6, 6.07) is 13.1. The van der Waals surface area contributed by atoms with Crippen molar-refractivity contribution in [1.82, 2.24) is 15.0 Å². The van der Waals surface area contributed by atoms with Gasteiger partial charge >= 0.3 is 0 Å². The summed E-state index contributed by atoms with van der Waals surface area (Å²) < 4.78 is 1.68. The molecule has 0 saturated carbocycles. The number of carbonyl (C=O) groups excluding carboxylic acids is 1. The largest absolute Gasteiger partial charge is 0.379 e. The summed E-state index contributed by atoms with van der Waals surface area (Å²) in [7, 11) is 1.82. The van der Waals surface area contributed by atoms with Crippen LogP contribution in [0.5, 0.6) is 0 Å². The minimum Gasteiger partial charge on any atom is -0.379 e. The summed E-state index contributed by atoms with van der Waals surface area (Å²) in [5.41, 5.74) is 9.43. The molecule has 4 rings (SSSR count). The molecule has 2 heterocycles. The van der Waals surface area contributed by atoms with Crippen LogP contribution in [0.3, 0.4) is 0 Å². The van der Waals surface area contributed by atoms with Crippen molar-refractivity contribution in [2.45, 2.75) is 18.9 Å². The summed E-state index contributed by atoms with van der Waals surface area (Å²) in [6.07, 6.45) is 0.902. The van der Waals surface area contributed by atoms with E-state index in [1.165, 1.54) is 0 Å². The number of amidine groups is 1. The molecule has 7 nitrogen and oxygen atoms in total. The summed E-state index contributed by atoms with van der Waals surface area (Å²) in [5, 5.41) is 11.6. The maximum absolute atomic E-state index is 12.7. The molecule has 0 spiro atoms. The van der Waals surface area contributed by atoms with E-state index >= 15 is 0 Å². The van der Waals surface area contributed by atoms with Gasteiger partial charge in [-0.15, -0.1) is 5.10 Å². The third-order valence-electron chi connectivity index (χ3n) is 4.81. The highest BCUT2D eigenvalue weighted by Crippen LogP contribution is 2.35. The lowest BCUT2D eigenvalue weighted by atomic mass is 9.89. The van der Waals surface area contributed by atoms with Gasteiger partial charge in [-0.1, -0.05) is 29.1 Å². The fourth-order valence-electron chi connectivity index (χ4n) is 3.21. The molecular weight excluding hydrogens is 360 g/mol. The summed E-state index contributed by atoms with van der Waals surface area (Å²) in [6.45, 7) is 2.07. The second-order valence-electron chi connectivity index (χ2n) is 6.77. The number of fused-ring (bicyclic) bond motifs is 1. The minimum absolute atomic E-state index is 0.188. The predicted octanol–water partition coefficient (Wildman–Crippen LogP) is 2.89. The number of amides is 1. The van der Waals surface area contributed by atoms with Crippen LogP contribution in [0.2, 0.25) is 0 Å². The number of rotatable bonds is 3. The Bertz CT molecular complexity index is 1060. The Morgan fingerprint density at radius 3 is 2.96 bits per heavy atom. The summed E-state index contributed by atoms with van der Waals surface area (Å²) in [5.74, 6) is 0.743. The maximum Gasteiger partial charge on any atom is 0.255 e. The standard InChI is InChI=1S/C19H20N6OS/c1-19(8-9-27-18(20)22-19)13-4-3-5-14(11-13)21-17(26)12-6-7-16-15(10-12)23-24-25(16)2/h3-7,10-11H,8-9H2,1-2H3,(H2,20,22)(H,21,26). The van der Waals surface area contributed by atoms with Crippen LogP contribution in [0.15, 0.2) is 47.5 Å². The lowest BCUT2D eigenvalue weighted by molar-refractivity contribution is 0.102. The Hall–Kier alpha value is -2.87. The monoisotopic (exact) mass is 380 g/mol. The molecule has 1 aliphatic rings. The number of aliphatic imine (C=N–C) groups is 1. The molecule has 0 bridgehead atoms. The summed E-state index contributed by atoms with van der Waals surface area (Å²) in [4.78, 5) is 17.3. The van der Waals surface area contributed by atoms with Crippen LogP contribution in [0, 0.1) is 0 Å². The number of thioether (sulfide) groups is 1. The number of hydrogen-bond donors (Lipinski definition) is 2. The van der Waals surface area contributed by atoms with E-state index in [0.717, 1.165) is 28.9 Å². The quantitative estimate of drug-likeness (QED) is 0.728. The fraction of sp³-hybridized carbons (Fsp3) is 0.263. The van der Waals surface area contributed by atoms with E-state index < -0.39 is 0 Å². The number of hydrogen-bond acceptors (Lipinski definition) is 6. The first-order valence-electron chi connectivity index (χ1n) is 8.64. The van der Waals surface area contributed by atoms with Crippen LogP contribution in [0.25, 0.3) is 11.0 Å². The van der Waals surface area contributed by atoms with E-state index in [0.29, 0.717) is 16.2 Å². The first kappa shape index (κ1) is 17.5. The zero-order chi connectivity index (χ0) is 19.0. The van der Waals surface area contributed by atoms with E-state index in [2.05, 4.69) is 27.5 Å². The van der Waals surface area contributed by atoms with Crippen molar-refractivity contribution in [3.63, 3.8) is 0 Å². The van der Waals surface area contributed by atoms with Crippen LogP contribution in [0.1, 0.15) is 29.3 Å². The van der Waals surface area contributed by atoms with Crippen molar-refractivity contribution < 1.29 is 4.79 Å².